The monoisotopic (exact) mass is 543 g/mol. The number of nitrogens with zero attached hydrogens (tertiary/aromatic N) is 2. The van der Waals surface area contributed by atoms with Crippen molar-refractivity contribution in [2.45, 2.75) is 51.5 Å². The third kappa shape index (κ3) is 6.36. The van der Waals surface area contributed by atoms with Crippen molar-refractivity contribution in [1.29, 1.82) is 0 Å². The summed E-state index contributed by atoms with van der Waals surface area (Å²) in [6.07, 6.45) is 5.83. The van der Waals surface area contributed by atoms with Gasteiger partial charge in [0.15, 0.2) is 0 Å². The van der Waals surface area contributed by atoms with Crippen molar-refractivity contribution in [3.63, 3.8) is 0 Å². The summed E-state index contributed by atoms with van der Waals surface area (Å²) in [5.41, 5.74) is 5.11. The zero-order valence-electron chi connectivity index (χ0n) is 23.4. The molecule has 1 saturated heterocycles. The highest BCUT2D eigenvalue weighted by atomic mass is 19.1. The molecule has 2 atom stereocenters. The molecule has 1 N–H and O–H groups in total. The quantitative estimate of drug-likeness (QED) is 0.244. The summed E-state index contributed by atoms with van der Waals surface area (Å²) in [7, 11) is 1.70. The van der Waals surface area contributed by atoms with Gasteiger partial charge in [-0.05, 0) is 72.6 Å². The van der Waals surface area contributed by atoms with E-state index in [1.54, 1.807) is 19.4 Å². The van der Waals surface area contributed by atoms with Gasteiger partial charge in [0, 0.05) is 69.0 Å². The Kier molecular flexibility index (Phi) is 8.80. The molecule has 1 fully saturated rings. The molecule has 4 aromatic rings. The summed E-state index contributed by atoms with van der Waals surface area (Å²) >= 11 is 0. The van der Waals surface area contributed by atoms with Crippen molar-refractivity contribution in [2.24, 2.45) is 5.92 Å². The van der Waals surface area contributed by atoms with Crippen LogP contribution in [0.1, 0.15) is 49.8 Å². The molecule has 0 saturated carbocycles. The number of aromatic nitrogens is 2. The van der Waals surface area contributed by atoms with E-state index in [0.29, 0.717) is 25.0 Å². The SMILES string of the molecule is COCCCn1c(C2CCCN(C(=O)CC(C)Cc3ccc(-c4ccc(=O)[nH]c4)cc3)C2)cc2c(F)cccc21. The number of aromatic amines is 1. The van der Waals surface area contributed by atoms with E-state index in [-0.39, 0.29) is 29.1 Å². The molecule has 3 heterocycles. The van der Waals surface area contributed by atoms with E-state index >= 15 is 0 Å². The summed E-state index contributed by atoms with van der Waals surface area (Å²) in [6, 6.07) is 18.9. The first-order valence-electron chi connectivity index (χ1n) is 14.3. The van der Waals surface area contributed by atoms with Crippen LogP contribution in [0.25, 0.3) is 22.0 Å². The first-order valence-corrected chi connectivity index (χ1v) is 14.3. The van der Waals surface area contributed by atoms with Gasteiger partial charge in [0.2, 0.25) is 11.5 Å². The zero-order valence-corrected chi connectivity index (χ0v) is 23.4. The maximum absolute atomic E-state index is 14.7. The minimum Gasteiger partial charge on any atom is -0.385 e. The third-order valence-corrected chi connectivity index (χ3v) is 8.03. The number of nitrogens with one attached hydrogen (secondary N) is 1. The summed E-state index contributed by atoms with van der Waals surface area (Å²) < 4.78 is 22.2. The number of pyridine rings is 1. The predicted molar refractivity (Wildman–Crippen MR) is 157 cm³/mol. The van der Waals surface area contributed by atoms with Crippen molar-refractivity contribution in [2.75, 3.05) is 26.8 Å². The summed E-state index contributed by atoms with van der Waals surface area (Å²) in [5, 5.41) is 0.651. The van der Waals surface area contributed by atoms with Gasteiger partial charge in [0.05, 0.1) is 5.52 Å². The molecular weight excluding hydrogens is 505 g/mol. The van der Waals surface area contributed by atoms with Gasteiger partial charge < -0.3 is 19.2 Å². The van der Waals surface area contributed by atoms with E-state index in [1.165, 1.54) is 17.7 Å². The Morgan fingerprint density at radius 1 is 1.12 bits per heavy atom. The Balaban J connectivity index is 1.23. The number of piperidine rings is 1. The van der Waals surface area contributed by atoms with Gasteiger partial charge in [-0.25, -0.2) is 4.39 Å². The highest BCUT2D eigenvalue weighted by Gasteiger charge is 2.28. The molecule has 6 nitrogen and oxygen atoms in total. The number of hydrogen-bond acceptors (Lipinski definition) is 3. The maximum Gasteiger partial charge on any atom is 0.247 e. The van der Waals surface area contributed by atoms with Crippen LogP contribution in [0, 0.1) is 11.7 Å². The van der Waals surface area contributed by atoms with E-state index in [4.69, 9.17) is 4.74 Å². The van der Waals surface area contributed by atoms with Gasteiger partial charge in [-0.2, -0.15) is 0 Å². The van der Waals surface area contributed by atoms with E-state index < -0.39 is 0 Å². The van der Waals surface area contributed by atoms with E-state index in [0.717, 1.165) is 61.1 Å². The molecule has 0 spiro atoms. The lowest BCUT2D eigenvalue weighted by Crippen LogP contribution is -2.40. The number of fused-ring (bicyclic) bond motifs is 1. The molecule has 1 amide bonds. The minimum atomic E-state index is -0.200. The van der Waals surface area contributed by atoms with Crippen LogP contribution in [-0.4, -0.2) is 47.2 Å². The van der Waals surface area contributed by atoms with Crippen molar-refractivity contribution >= 4 is 16.8 Å². The lowest BCUT2D eigenvalue weighted by atomic mass is 9.92. The highest BCUT2D eigenvalue weighted by Crippen LogP contribution is 2.33. The Labute approximate surface area is 234 Å². The normalized spacial score (nSPS) is 16.4. The average molecular weight is 544 g/mol. The van der Waals surface area contributed by atoms with Gasteiger partial charge in [-0.1, -0.05) is 37.3 Å². The second-order valence-electron chi connectivity index (χ2n) is 11.1. The predicted octanol–water partition coefficient (Wildman–Crippen LogP) is 6.15. The first kappa shape index (κ1) is 27.8. The number of rotatable bonds is 10. The number of likely N-dealkylation sites (tertiary alicyclic amines) is 1. The molecule has 2 unspecified atom stereocenters. The number of carbonyl (C=O) groups is 1. The Morgan fingerprint density at radius 2 is 1.93 bits per heavy atom. The number of methoxy groups -OCH3 is 1. The van der Waals surface area contributed by atoms with Crippen LogP contribution in [0.15, 0.2) is 71.7 Å². The molecule has 0 aliphatic carbocycles. The van der Waals surface area contributed by atoms with Gasteiger partial charge in [-0.15, -0.1) is 0 Å². The molecule has 40 heavy (non-hydrogen) atoms. The fourth-order valence-electron chi connectivity index (χ4n) is 5.99. The summed E-state index contributed by atoms with van der Waals surface area (Å²) in [4.78, 5) is 29.4. The minimum absolute atomic E-state index is 0.114. The molecular formula is C33H38FN3O3. The number of carbonyl (C=O) groups excluding carboxylic acids is 1. The van der Waals surface area contributed by atoms with Gasteiger partial charge in [0.25, 0.3) is 0 Å². The maximum atomic E-state index is 14.7. The second-order valence-corrected chi connectivity index (χ2v) is 11.1. The number of H-pyrrole nitrogens is 1. The smallest absolute Gasteiger partial charge is 0.247 e. The molecule has 210 valence electrons. The van der Waals surface area contributed by atoms with Crippen LogP contribution < -0.4 is 5.56 Å². The van der Waals surface area contributed by atoms with Crippen LogP contribution >= 0.6 is 0 Å². The Morgan fingerprint density at radius 3 is 2.67 bits per heavy atom. The van der Waals surface area contributed by atoms with Crippen molar-refractivity contribution in [3.8, 4) is 11.1 Å². The summed E-state index contributed by atoms with van der Waals surface area (Å²) in [5.74, 6) is 0.382. The van der Waals surface area contributed by atoms with Crippen molar-refractivity contribution in [1.82, 2.24) is 14.5 Å². The van der Waals surface area contributed by atoms with Crippen LogP contribution in [0.4, 0.5) is 4.39 Å². The van der Waals surface area contributed by atoms with Crippen molar-refractivity contribution in [3.05, 3.63) is 94.3 Å². The lowest BCUT2D eigenvalue weighted by molar-refractivity contribution is -0.133. The third-order valence-electron chi connectivity index (χ3n) is 8.03. The topological polar surface area (TPSA) is 67.3 Å². The number of ether oxygens (including phenoxy) is 1. The summed E-state index contributed by atoms with van der Waals surface area (Å²) in [6.45, 7) is 4.98. The van der Waals surface area contributed by atoms with E-state index in [1.807, 2.05) is 23.1 Å². The Bertz CT molecular complexity index is 1490. The standard InChI is InChI=1S/C33H38FN3O3/c1-23(18-24-9-11-25(12-10-24)26-13-14-32(38)35-21-26)19-33(39)36-15-4-6-27(22-36)31-20-28-29(34)7-3-8-30(28)37(31)16-5-17-40-2/h3,7-14,20-21,23,27H,4-6,15-19,22H2,1-2H3,(H,35,38). The van der Waals surface area contributed by atoms with Gasteiger partial charge >= 0.3 is 0 Å². The fraction of sp³-hybridized carbons (Fsp3) is 0.394. The number of halogens is 1. The van der Waals surface area contributed by atoms with Gasteiger partial charge in [0.1, 0.15) is 5.82 Å². The van der Waals surface area contributed by atoms with E-state index in [9.17, 15) is 14.0 Å². The molecule has 5 rings (SSSR count). The number of amides is 1. The number of aryl methyl sites for hydroxylation is 1. The molecule has 2 aromatic carbocycles. The largest absolute Gasteiger partial charge is 0.385 e. The van der Waals surface area contributed by atoms with Crippen molar-refractivity contribution < 1.29 is 13.9 Å². The van der Waals surface area contributed by atoms with Crippen LogP contribution in [0.3, 0.4) is 0 Å². The van der Waals surface area contributed by atoms with Crippen LogP contribution in [0.5, 0.6) is 0 Å². The highest BCUT2D eigenvalue weighted by molar-refractivity contribution is 5.82. The molecule has 0 radical (unpaired) electrons. The van der Waals surface area contributed by atoms with Crippen LogP contribution in [0.2, 0.25) is 0 Å². The lowest BCUT2D eigenvalue weighted by Gasteiger charge is -2.34. The average Bonchev–Trinajstić information content (AvgIpc) is 3.34. The number of benzene rings is 2. The molecule has 1 aliphatic heterocycles. The molecule has 1 aliphatic rings. The molecule has 2 aromatic heterocycles. The fourth-order valence-corrected chi connectivity index (χ4v) is 5.99. The number of hydrogen-bond donors (Lipinski definition) is 1. The zero-order chi connectivity index (χ0) is 28.1. The first-order chi connectivity index (χ1) is 19.4. The van der Waals surface area contributed by atoms with Gasteiger partial charge in [-0.3, -0.25) is 9.59 Å². The molecule has 7 heteroatoms. The second kappa shape index (κ2) is 12.6. The van der Waals surface area contributed by atoms with Crippen LogP contribution in [-0.2, 0) is 22.5 Å². The molecule has 0 bridgehead atoms. The Hall–Kier alpha value is -3.71. The van der Waals surface area contributed by atoms with E-state index in [2.05, 4.69) is 40.7 Å².